The van der Waals surface area contributed by atoms with Crippen LogP contribution in [0.15, 0.2) is 72.1 Å². The lowest BCUT2D eigenvalue weighted by Gasteiger charge is -2.23. The van der Waals surface area contributed by atoms with Crippen LogP contribution in [0.3, 0.4) is 0 Å². The average Bonchev–Trinajstić information content (AvgIpc) is 2.66. The molecule has 0 fully saturated rings. The number of non-ortho nitro benzene ring substituents is 1. The molecule has 0 unspecified atom stereocenters. The maximum Gasteiger partial charge on any atom is 0.320 e. The lowest BCUT2D eigenvalue weighted by atomic mass is 10.0. The number of rotatable bonds is 5. The molecule has 2 amide bonds. The third-order valence-electron chi connectivity index (χ3n) is 3.93. The van der Waals surface area contributed by atoms with Gasteiger partial charge in [-0.3, -0.25) is 20.2 Å². The largest absolute Gasteiger partial charge is 0.321 e. The van der Waals surface area contributed by atoms with Crippen molar-refractivity contribution >= 4 is 17.8 Å². The van der Waals surface area contributed by atoms with Gasteiger partial charge in [0.1, 0.15) is 11.7 Å². The van der Waals surface area contributed by atoms with E-state index >= 15 is 0 Å². The van der Waals surface area contributed by atoms with Gasteiger partial charge in [-0.15, -0.1) is 0 Å². The first-order valence-corrected chi connectivity index (χ1v) is 7.89. The van der Waals surface area contributed by atoms with Crippen molar-refractivity contribution in [3.05, 3.63) is 103 Å². The number of carbonyl (C=O) groups is 1. The van der Waals surface area contributed by atoms with Crippen LogP contribution in [0, 0.1) is 20.2 Å². The molecule has 0 spiro atoms. The van der Waals surface area contributed by atoms with Gasteiger partial charge in [0.25, 0.3) is 11.4 Å². The highest BCUT2D eigenvalue weighted by molar-refractivity contribution is 5.80. The van der Waals surface area contributed by atoms with Crippen molar-refractivity contribution < 1.29 is 14.6 Å². The molecule has 1 heterocycles. The van der Waals surface area contributed by atoms with E-state index in [4.69, 9.17) is 0 Å². The number of benzene rings is 2. The van der Waals surface area contributed by atoms with Crippen molar-refractivity contribution in [2.24, 2.45) is 0 Å². The molecule has 2 N–H and O–H groups in total. The molecule has 1 aliphatic heterocycles. The van der Waals surface area contributed by atoms with Crippen molar-refractivity contribution in [2.45, 2.75) is 6.04 Å². The molecule has 9 heteroatoms. The van der Waals surface area contributed by atoms with E-state index in [1.54, 1.807) is 36.4 Å². The van der Waals surface area contributed by atoms with Crippen LogP contribution in [0.4, 0.5) is 10.5 Å². The predicted octanol–water partition coefficient (Wildman–Crippen LogP) is 3.15. The second kappa shape index (κ2) is 7.48. The van der Waals surface area contributed by atoms with Gasteiger partial charge in [-0.05, 0) is 17.2 Å². The fraction of sp³-hybridized carbons (Fsp3) is 0.0556. The summed E-state index contributed by atoms with van der Waals surface area (Å²) < 4.78 is 0. The molecule has 136 valence electrons. The monoisotopic (exact) mass is 366 g/mol. The highest BCUT2D eigenvalue weighted by Gasteiger charge is 2.35. The smallest absolute Gasteiger partial charge is 0.320 e. The molecule has 2 aromatic rings. The van der Waals surface area contributed by atoms with Crippen LogP contribution in [-0.2, 0) is 0 Å². The van der Waals surface area contributed by atoms with Crippen molar-refractivity contribution in [1.82, 2.24) is 10.6 Å². The fourth-order valence-corrected chi connectivity index (χ4v) is 2.72. The Morgan fingerprint density at radius 2 is 1.67 bits per heavy atom. The molecule has 1 aliphatic rings. The summed E-state index contributed by atoms with van der Waals surface area (Å²) in [7, 11) is 0. The van der Waals surface area contributed by atoms with Crippen molar-refractivity contribution in [3.8, 4) is 0 Å². The van der Waals surface area contributed by atoms with E-state index in [1.807, 2.05) is 0 Å². The lowest BCUT2D eigenvalue weighted by molar-refractivity contribution is -0.432. The Bertz CT molecular complexity index is 969. The summed E-state index contributed by atoms with van der Waals surface area (Å²) in [6, 6.07) is 12.9. The quantitative estimate of drug-likeness (QED) is 0.620. The number of hydrogen-bond donors (Lipinski definition) is 2. The molecule has 9 nitrogen and oxygen atoms in total. The third-order valence-corrected chi connectivity index (χ3v) is 3.93. The first-order chi connectivity index (χ1) is 13.0. The second-order valence-electron chi connectivity index (χ2n) is 5.68. The molecule has 0 saturated carbocycles. The zero-order chi connectivity index (χ0) is 19.4. The van der Waals surface area contributed by atoms with Crippen LogP contribution in [0.1, 0.15) is 17.2 Å². The maximum absolute atomic E-state index is 12.0. The Morgan fingerprint density at radius 3 is 2.33 bits per heavy atom. The Labute approximate surface area is 153 Å². The first kappa shape index (κ1) is 17.8. The summed E-state index contributed by atoms with van der Waals surface area (Å²) in [6.07, 6.45) is 2.84. The van der Waals surface area contributed by atoms with Gasteiger partial charge in [0, 0.05) is 12.1 Å². The van der Waals surface area contributed by atoms with E-state index in [0.717, 1.165) is 0 Å². The number of nitro benzene ring substituents is 1. The molecule has 0 aliphatic carbocycles. The lowest BCUT2D eigenvalue weighted by Crippen LogP contribution is -2.45. The topological polar surface area (TPSA) is 127 Å². The maximum atomic E-state index is 12.0. The molecule has 0 saturated heterocycles. The van der Waals surface area contributed by atoms with Gasteiger partial charge < -0.3 is 10.6 Å². The molecule has 3 rings (SSSR count). The Balaban J connectivity index is 2.02. The molecule has 2 aromatic carbocycles. The Kier molecular flexibility index (Phi) is 4.93. The van der Waals surface area contributed by atoms with Gasteiger partial charge in [0.05, 0.1) is 9.85 Å². The fourth-order valence-electron chi connectivity index (χ4n) is 2.72. The molecular formula is C18H14N4O5. The van der Waals surface area contributed by atoms with E-state index in [1.165, 1.54) is 30.4 Å². The number of nitro groups is 2. The average molecular weight is 366 g/mol. The summed E-state index contributed by atoms with van der Waals surface area (Å²) in [5.41, 5.74) is 0.743. The number of carbonyl (C=O) groups excluding carboxylic acids is 1. The minimum Gasteiger partial charge on any atom is -0.321 e. The zero-order valence-electron chi connectivity index (χ0n) is 13.9. The van der Waals surface area contributed by atoms with Gasteiger partial charge in [0.2, 0.25) is 0 Å². The zero-order valence-corrected chi connectivity index (χ0v) is 13.9. The van der Waals surface area contributed by atoms with Gasteiger partial charge in [-0.2, -0.15) is 0 Å². The number of nitrogens with one attached hydrogen (secondary N) is 2. The number of nitrogens with zero attached hydrogens (tertiary/aromatic N) is 2. The summed E-state index contributed by atoms with van der Waals surface area (Å²) in [5, 5.41) is 27.5. The van der Waals surface area contributed by atoms with Crippen molar-refractivity contribution in [1.29, 1.82) is 0 Å². The minimum atomic E-state index is -0.917. The molecule has 1 atom stereocenters. The van der Waals surface area contributed by atoms with Crippen LogP contribution in [0.2, 0.25) is 0 Å². The number of hydrogen-bond acceptors (Lipinski definition) is 5. The molecule has 0 aromatic heterocycles. The van der Waals surface area contributed by atoms with E-state index in [0.29, 0.717) is 11.1 Å². The van der Waals surface area contributed by atoms with Crippen LogP contribution < -0.4 is 10.6 Å². The molecular weight excluding hydrogens is 352 g/mol. The predicted molar refractivity (Wildman–Crippen MR) is 97.0 cm³/mol. The van der Waals surface area contributed by atoms with Gasteiger partial charge in [-0.25, -0.2) is 4.79 Å². The highest BCUT2D eigenvalue weighted by Crippen LogP contribution is 2.27. The molecule has 0 radical (unpaired) electrons. The van der Waals surface area contributed by atoms with E-state index < -0.39 is 21.9 Å². The normalized spacial score (nSPS) is 16.7. The first-order valence-electron chi connectivity index (χ1n) is 7.89. The standard InChI is InChI=1S/C18H14N4O5/c23-18-19-15(10-9-12-5-4-8-14(11-12)21(24)25)17(22(26)27)16(20-18)13-6-2-1-3-7-13/h1-11,16H,(H2,19,20,23)/b10-9+/t16-/m0/s1. The number of amides is 2. The van der Waals surface area contributed by atoms with Gasteiger partial charge in [-0.1, -0.05) is 48.5 Å². The summed E-state index contributed by atoms with van der Waals surface area (Å²) in [6.45, 7) is 0. The summed E-state index contributed by atoms with van der Waals surface area (Å²) in [5.74, 6) is 0. The van der Waals surface area contributed by atoms with Crippen LogP contribution in [0.25, 0.3) is 6.08 Å². The van der Waals surface area contributed by atoms with Gasteiger partial charge in [0.15, 0.2) is 0 Å². The van der Waals surface area contributed by atoms with E-state index in [-0.39, 0.29) is 17.1 Å². The van der Waals surface area contributed by atoms with Crippen molar-refractivity contribution in [3.63, 3.8) is 0 Å². The third kappa shape index (κ3) is 3.98. The van der Waals surface area contributed by atoms with Crippen LogP contribution in [-0.4, -0.2) is 15.9 Å². The van der Waals surface area contributed by atoms with Crippen LogP contribution in [0.5, 0.6) is 0 Å². The van der Waals surface area contributed by atoms with E-state index in [2.05, 4.69) is 10.6 Å². The highest BCUT2D eigenvalue weighted by atomic mass is 16.6. The molecule has 27 heavy (non-hydrogen) atoms. The van der Waals surface area contributed by atoms with Gasteiger partial charge >= 0.3 is 6.03 Å². The SMILES string of the molecule is O=C1NC(/C=C/c2cccc([N+](=O)[O-])c2)=C([N+](=O)[O-])[C@H](c2ccccc2)N1. The number of allylic oxidation sites excluding steroid dienone is 1. The number of urea groups is 1. The minimum absolute atomic E-state index is 0.0177. The Hall–Kier alpha value is -4.01. The second-order valence-corrected chi connectivity index (χ2v) is 5.68. The van der Waals surface area contributed by atoms with Crippen molar-refractivity contribution in [2.75, 3.05) is 0 Å². The summed E-state index contributed by atoms with van der Waals surface area (Å²) in [4.78, 5) is 33.4. The van der Waals surface area contributed by atoms with Crippen LogP contribution >= 0.6 is 0 Å². The Morgan fingerprint density at radius 1 is 0.926 bits per heavy atom. The van der Waals surface area contributed by atoms with E-state index in [9.17, 15) is 25.0 Å². The molecule has 0 bridgehead atoms. The summed E-state index contributed by atoms with van der Waals surface area (Å²) >= 11 is 0.